The van der Waals surface area contributed by atoms with E-state index >= 15 is 0 Å². The zero-order valence-corrected chi connectivity index (χ0v) is 13.0. The van der Waals surface area contributed by atoms with E-state index in [-0.39, 0.29) is 0 Å². The molecule has 2 nitrogen and oxygen atoms in total. The highest BCUT2D eigenvalue weighted by molar-refractivity contribution is 5.27. The van der Waals surface area contributed by atoms with Crippen LogP contribution in [0.5, 0.6) is 5.75 Å². The van der Waals surface area contributed by atoms with E-state index in [9.17, 15) is 0 Å². The van der Waals surface area contributed by atoms with Crippen molar-refractivity contribution in [3.8, 4) is 5.75 Å². The second kappa shape index (κ2) is 8.31. The quantitative estimate of drug-likeness (QED) is 0.806. The van der Waals surface area contributed by atoms with Crippen LogP contribution in [0.4, 0.5) is 0 Å². The molecule has 2 unspecified atom stereocenters. The molecule has 1 aliphatic rings. The van der Waals surface area contributed by atoms with Crippen LogP contribution in [0, 0.1) is 5.92 Å². The maximum Gasteiger partial charge on any atom is 0.118 e. The normalized spacial score (nSPS) is 22.7. The van der Waals surface area contributed by atoms with E-state index < -0.39 is 0 Å². The van der Waals surface area contributed by atoms with Crippen molar-refractivity contribution < 1.29 is 4.74 Å². The van der Waals surface area contributed by atoms with Crippen molar-refractivity contribution in [1.29, 1.82) is 0 Å². The molecule has 0 saturated heterocycles. The second-order valence-corrected chi connectivity index (χ2v) is 6.07. The van der Waals surface area contributed by atoms with E-state index in [1.165, 1.54) is 57.1 Å². The second-order valence-electron chi connectivity index (χ2n) is 6.07. The van der Waals surface area contributed by atoms with Gasteiger partial charge in [-0.1, -0.05) is 31.9 Å². The van der Waals surface area contributed by atoms with Gasteiger partial charge in [-0.05, 0) is 62.3 Å². The maximum atomic E-state index is 5.21. The van der Waals surface area contributed by atoms with Crippen LogP contribution in [-0.4, -0.2) is 19.7 Å². The summed E-state index contributed by atoms with van der Waals surface area (Å²) < 4.78 is 5.21. The van der Waals surface area contributed by atoms with Gasteiger partial charge < -0.3 is 10.1 Å². The molecule has 20 heavy (non-hydrogen) atoms. The van der Waals surface area contributed by atoms with Gasteiger partial charge in [0.15, 0.2) is 0 Å². The summed E-state index contributed by atoms with van der Waals surface area (Å²) in [4.78, 5) is 0. The van der Waals surface area contributed by atoms with Crippen molar-refractivity contribution >= 4 is 0 Å². The largest absolute Gasteiger partial charge is 0.497 e. The summed E-state index contributed by atoms with van der Waals surface area (Å²) in [5.74, 6) is 1.86. The van der Waals surface area contributed by atoms with Crippen LogP contribution in [0.1, 0.15) is 51.0 Å². The van der Waals surface area contributed by atoms with Crippen LogP contribution < -0.4 is 10.1 Å². The lowest BCUT2D eigenvalue weighted by Gasteiger charge is -2.30. The fourth-order valence-electron chi connectivity index (χ4n) is 3.25. The average Bonchev–Trinajstić information content (AvgIpc) is 2.52. The molecule has 0 radical (unpaired) electrons. The molecule has 0 bridgehead atoms. The topological polar surface area (TPSA) is 21.3 Å². The third-order valence-electron chi connectivity index (χ3n) is 4.47. The van der Waals surface area contributed by atoms with Gasteiger partial charge in [-0.25, -0.2) is 0 Å². The molecule has 1 fully saturated rings. The summed E-state index contributed by atoms with van der Waals surface area (Å²) >= 11 is 0. The van der Waals surface area contributed by atoms with Gasteiger partial charge in [-0.2, -0.15) is 0 Å². The number of ether oxygens (including phenoxy) is 1. The van der Waals surface area contributed by atoms with E-state index in [4.69, 9.17) is 4.74 Å². The molecular weight excluding hydrogens is 246 g/mol. The zero-order valence-electron chi connectivity index (χ0n) is 13.0. The number of rotatable bonds is 7. The number of hydrogen-bond donors (Lipinski definition) is 1. The Bertz CT molecular complexity index is 374. The summed E-state index contributed by atoms with van der Waals surface area (Å²) in [5, 5.41) is 3.70. The Morgan fingerprint density at radius 2 is 2.00 bits per heavy atom. The summed E-state index contributed by atoms with van der Waals surface area (Å²) in [6, 6.07) is 9.32. The molecule has 0 amide bonds. The van der Waals surface area contributed by atoms with Crippen molar-refractivity contribution in [2.45, 2.75) is 57.9 Å². The average molecular weight is 275 g/mol. The first-order valence-corrected chi connectivity index (χ1v) is 8.18. The predicted octanol–water partition coefficient (Wildman–Crippen LogP) is 4.19. The minimum absolute atomic E-state index is 0.768. The lowest BCUT2D eigenvalue weighted by molar-refractivity contribution is 0.274. The summed E-state index contributed by atoms with van der Waals surface area (Å²) in [6.07, 6.45) is 9.34. The van der Waals surface area contributed by atoms with Crippen molar-refractivity contribution in [1.82, 2.24) is 5.32 Å². The molecule has 1 aliphatic carbocycles. The van der Waals surface area contributed by atoms with Gasteiger partial charge in [0.25, 0.3) is 0 Å². The fraction of sp³-hybridized carbons (Fsp3) is 0.667. The van der Waals surface area contributed by atoms with Crippen LogP contribution in [-0.2, 0) is 6.42 Å². The molecule has 1 aromatic carbocycles. The van der Waals surface area contributed by atoms with Crippen LogP contribution >= 0.6 is 0 Å². The highest BCUT2D eigenvalue weighted by atomic mass is 16.5. The maximum absolute atomic E-state index is 5.21. The standard InChI is InChI=1S/C18H29NO/c1-3-13-19-17-6-4-5-16(14-17)8-7-15-9-11-18(20-2)12-10-15/h9-12,16-17,19H,3-8,13-14H2,1-2H3. The first kappa shape index (κ1) is 15.4. The minimum Gasteiger partial charge on any atom is -0.497 e. The van der Waals surface area contributed by atoms with Gasteiger partial charge in [-0.15, -0.1) is 0 Å². The van der Waals surface area contributed by atoms with Gasteiger partial charge >= 0.3 is 0 Å². The number of hydrogen-bond acceptors (Lipinski definition) is 2. The molecule has 2 rings (SSSR count). The molecule has 1 aromatic rings. The molecule has 1 N–H and O–H groups in total. The predicted molar refractivity (Wildman–Crippen MR) is 85.4 cm³/mol. The minimum atomic E-state index is 0.768. The number of nitrogens with one attached hydrogen (secondary N) is 1. The highest BCUT2D eigenvalue weighted by Crippen LogP contribution is 2.28. The molecule has 2 heteroatoms. The fourth-order valence-corrected chi connectivity index (χ4v) is 3.25. The first-order valence-electron chi connectivity index (χ1n) is 8.18. The van der Waals surface area contributed by atoms with Gasteiger partial charge in [0.1, 0.15) is 5.75 Å². The molecule has 112 valence electrons. The summed E-state index contributed by atoms with van der Waals surface area (Å²) in [7, 11) is 1.72. The first-order chi connectivity index (χ1) is 9.81. The lowest BCUT2D eigenvalue weighted by atomic mass is 9.82. The number of benzene rings is 1. The smallest absolute Gasteiger partial charge is 0.118 e. The lowest BCUT2D eigenvalue weighted by Crippen LogP contribution is -2.34. The third-order valence-corrected chi connectivity index (χ3v) is 4.47. The van der Waals surface area contributed by atoms with Gasteiger partial charge in [0.05, 0.1) is 7.11 Å². The molecule has 1 saturated carbocycles. The Labute approximate surface area is 123 Å². The molecule has 2 atom stereocenters. The Balaban J connectivity index is 1.74. The van der Waals surface area contributed by atoms with E-state index in [0.29, 0.717) is 0 Å². The SMILES string of the molecule is CCCNC1CCCC(CCc2ccc(OC)cc2)C1. The van der Waals surface area contributed by atoms with Crippen LogP contribution in [0.15, 0.2) is 24.3 Å². The van der Waals surface area contributed by atoms with Gasteiger partial charge in [0.2, 0.25) is 0 Å². The van der Waals surface area contributed by atoms with E-state index in [0.717, 1.165) is 17.7 Å². The van der Waals surface area contributed by atoms with Crippen LogP contribution in [0.25, 0.3) is 0 Å². The highest BCUT2D eigenvalue weighted by Gasteiger charge is 2.21. The summed E-state index contributed by atoms with van der Waals surface area (Å²) in [5.41, 5.74) is 1.44. The van der Waals surface area contributed by atoms with Crippen LogP contribution in [0.3, 0.4) is 0 Å². The van der Waals surface area contributed by atoms with Gasteiger partial charge in [-0.3, -0.25) is 0 Å². The molecule has 0 spiro atoms. The molecular formula is C18H29NO. The zero-order chi connectivity index (χ0) is 14.2. The van der Waals surface area contributed by atoms with Crippen molar-refractivity contribution in [2.24, 2.45) is 5.92 Å². The molecule has 0 heterocycles. The molecule has 0 aromatic heterocycles. The Kier molecular flexibility index (Phi) is 6.38. The Morgan fingerprint density at radius 1 is 1.20 bits per heavy atom. The van der Waals surface area contributed by atoms with E-state index in [2.05, 4.69) is 36.5 Å². The Morgan fingerprint density at radius 3 is 2.70 bits per heavy atom. The van der Waals surface area contributed by atoms with Crippen LogP contribution in [0.2, 0.25) is 0 Å². The van der Waals surface area contributed by atoms with Crippen molar-refractivity contribution in [3.05, 3.63) is 29.8 Å². The monoisotopic (exact) mass is 275 g/mol. The van der Waals surface area contributed by atoms with E-state index in [1.807, 2.05) is 0 Å². The van der Waals surface area contributed by atoms with Crippen molar-refractivity contribution in [2.75, 3.05) is 13.7 Å². The van der Waals surface area contributed by atoms with Gasteiger partial charge in [0, 0.05) is 6.04 Å². The molecule has 0 aliphatic heterocycles. The van der Waals surface area contributed by atoms with E-state index in [1.54, 1.807) is 7.11 Å². The number of aryl methyl sites for hydroxylation is 1. The Hall–Kier alpha value is -1.02. The number of methoxy groups -OCH3 is 1. The van der Waals surface area contributed by atoms with Crippen molar-refractivity contribution in [3.63, 3.8) is 0 Å². The summed E-state index contributed by atoms with van der Waals surface area (Å²) in [6.45, 7) is 3.42. The third kappa shape index (κ3) is 4.82.